The van der Waals surface area contributed by atoms with Crippen molar-refractivity contribution in [2.75, 3.05) is 27.2 Å². The second-order valence-corrected chi connectivity index (χ2v) is 5.70. The van der Waals surface area contributed by atoms with Gasteiger partial charge in [0.1, 0.15) is 23.6 Å². The van der Waals surface area contributed by atoms with Gasteiger partial charge in [-0.1, -0.05) is 12.1 Å². The maximum absolute atomic E-state index is 12.6. The van der Waals surface area contributed by atoms with Crippen LogP contribution in [0.4, 0.5) is 0 Å². The maximum Gasteiger partial charge on any atom is 0.323 e. The van der Waals surface area contributed by atoms with Gasteiger partial charge in [0.05, 0.1) is 7.11 Å². The minimum Gasteiger partial charge on any atom is -0.511 e. The lowest BCUT2D eigenvalue weighted by molar-refractivity contribution is -0.144. The van der Waals surface area contributed by atoms with Gasteiger partial charge < -0.3 is 24.7 Å². The first kappa shape index (κ1) is 18.3. The summed E-state index contributed by atoms with van der Waals surface area (Å²) in [4.78, 5) is 38.0. The first-order valence-corrected chi connectivity index (χ1v) is 7.65. The number of rotatable bonds is 6. The molecular formula is C17H20N2O6. The molecule has 0 bridgehead atoms. The average Bonchev–Trinajstić information content (AvgIpc) is 2.57. The second kappa shape index (κ2) is 7.69. The first-order valence-electron chi connectivity index (χ1n) is 7.65. The van der Waals surface area contributed by atoms with Crippen molar-refractivity contribution in [3.05, 3.63) is 41.2 Å². The summed E-state index contributed by atoms with van der Waals surface area (Å²) in [6, 6.07) is 7.15. The van der Waals surface area contributed by atoms with Crippen LogP contribution in [0.2, 0.25) is 0 Å². The number of likely N-dealkylation sites (N-methyl/N-ethyl adjacent to an activating group) is 1. The summed E-state index contributed by atoms with van der Waals surface area (Å²) in [5.74, 6) is -2.23. The van der Waals surface area contributed by atoms with E-state index in [4.69, 9.17) is 9.84 Å². The summed E-state index contributed by atoms with van der Waals surface area (Å²) in [6.07, 6.45) is 0.143. The summed E-state index contributed by atoms with van der Waals surface area (Å²) in [6.45, 7) is -0.00692. The molecule has 0 aliphatic carbocycles. The third kappa shape index (κ3) is 4.28. The minimum atomic E-state index is -1.20. The molecule has 2 rings (SSSR count). The molecule has 1 aromatic rings. The summed E-state index contributed by atoms with van der Waals surface area (Å²) in [7, 11) is 2.83. The van der Waals surface area contributed by atoms with Crippen LogP contribution in [-0.4, -0.2) is 65.0 Å². The lowest BCUT2D eigenvalue weighted by Gasteiger charge is -2.29. The Hall–Kier alpha value is -3.03. The molecule has 1 heterocycles. The number of ether oxygens (including phenoxy) is 1. The number of aliphatic carboxylic acids is 1. The van der Waals surface area contributed by atoms with Crippen molar-refractivity contribution in [3.63, 3.8) is 0 Å². The molecule has 0 saturated heterocycles. The van der Waals surface area contributed by atoms with Crippen LogP contribution in [0.5, 0.6) is 5.75 Å². The third-order valence-corrected chi connectivity index (χ3v) is 3.87. The lowest BCUT2D eigenvalue weighted by Crippen LogP contribution is -2.43. The smallest absolute Gasteiger partial charge is 0.323 e. The van der Waals surface area contributed by atoms with Crippen molar-refractivity contribution in [2.45, 2.75) is 13.0 Å². The van der Waals surface area contributed by atoms with Crippen molar-refractivity contribution in [1.29, 1.82) is 0 Å². The molecule has 1 aromatic carbocycles. The third-order valence-electron chi connectivity index (χ3n) is 3.87. The van der Waals surface area contributed by atoms with E-state index in [0.717, 1.165) is 10.5 Å². The minimum absolute atomic E-state index is 0.143. The van der Waals surface area contributed by atoms with E-state index in [0.29, 0.717) is 5.75 Å². The van der Waals surface area contributed by atoms with Crippen LogP contribution in [-0.2, 0) is 20.9 Å². The van der Waals surface area contributed by atoms with Gasteiger partial charge in [0.25, 0.3) is 11.8 Å². The molecule has 0 fully saturated rings. The Labute approximate surface area is 144 Å². The zero-order valence-electron chi connectivity index (χ0n) is 14.1. The van der Waals surface area contributed by atoms with E-state index in [1.165, 1.54) is 11.9 Å². The number of aliphatic hydroxyl groups excluding tert-OH is 1. The zero-order chi connectivity index (χ0) is 18.6. The summed E-state index contributed by atoms with van der Waals surface area (Å²) in [5.41, 5.74) is 0.477. The van der Waals surface area contributed by atoms with Gasteiger partial charge in [0, 0.05) is 26.6 Å². The molecule has 1 aliphatic heterocycles. The van der Waals surface area contributed by atoms with Gasteiger partial charge in [-0.25, -0.2) is 0 Å². The molecule has 0 radical (unpaired) electrons. The Bertz CT molecular complexity index is 710. The molecule has 1 aliphatic rings. The molecule has 0 aromatic heterocycles. The van der Waals surface area contributed by atoms with Gasteiger partial charge in [-0.05, 0) is 17.7 Å². The van der Waals surface area contributed by atoms with E-state index in [-0.39, 0.29) is 30.8 Å². The van der Waals surface area contributed by atoms with Gasteiger partial charge in [-0.3, -0.25) is 14.4 Å². The fourth-order valence-electron chi connectivity index (χ4n) is 2.53. The number of hydrogen-bond donors (Lipinski definition) is 2. The van der Waals surface area contributed by atoms with Crippen LogP contribution in [0.3, 0.4) is 0 Å². The van der Waals surface area contributed by atoms with Crippen LogP contribution < -0.4 is 4.74 Å². The molecule has 2 N–H and O–H groups in total. The molecule has 0 saturated carbocycles. The van der Waals surface area contributed by atoms with Gasteiger partial charge in [0.2, 0.25) is 0 Å². The van der Waals surface area contributed by atoms with Gasteiger partial charge in [0.15, 0.2) is 0 Å². The van der Waals surface area contributed by atoms with E-state index in [2.05, 4.69) is 0 Å². The Morgan fingerprint density at radius 1 is 1.28 bits per heavy atom. The Balaban J connectivity index is 2.15. The number of amides is 2. The van der Waals surface area contributed by atoms with Crippen LogP contribution in [0.25, 0.3) is 0 Å². The predicted molar refractivity (Wildman–Crippen MR) is 88.0 cm³/mol. The molecule has 8 heteroatoms. The van der Waals surface area contributed by atoms with Crippen molar-refractivity contribution in [3.8, 4) is 5.75 Å². The fraction of sp³-hybridized carbons (Fsp3) is 0.353. The number of carbonyl (C=O) groups is 3. The normalized spacial score (nSPS) is 14.5. The average molecular weight is 348 g/mol. The number of carbonyl (C=O) groups excluding carboxylic acids is 2. The lowest BCUT2D eigenvalue weighted by atomic mass is 10.0. The summed E-state index contributed by atoms with van der Waals surface area (Å²) in [5, 5.41) is 18.7. The van der Waals surface area contributed by atoms with E-state index < -0.39 is 24.3 Å². The molecular weight excluding hydrogens is 328 g/mol. The maximum atomic E-state index is 12.6. The highest BCUT2D eigenvalue weighted by atomic mass is 16.5. The Morgan fingerprint density at radius 3 is 2.48 bits per heavy atom. The van der Waals surface area contributed by atoms with Gasteiger partial charge >= 0.3 is 5.97 Å². The zero-order valence-corrected chi connectivity index (χ0v) is 14.1. The fourth-order valence-corrected chi connectivity index (χ4v) is 2.53. The SMILES string of the molecule is COc1ccc(CN2CCC(O)=C(C(=O)N(C)CC(=O)O)C2=O)cc1. The molecule has 0 atom stereocenters. The highest BCUT2D eigenvalue weighted by molar-refractivity contribution is 6.19. The van der Waals surface area contributed by atoms with E-state index >= 15 is 0 Å². The first-order chi connectivity index (χ1) is 11.8. The number of carboxylic acid groups (broad SMARTS) is 1. The molecule has 2 amide bonds. The van der Waals surface area contributed by atoms with Crippen molar-refractivity contribution in [1.82, 2.24) is 9.80 Å². The van der Waals surface area contributed by atoms with Crippen LogP contribution >= 0.6 is 0 Å². The monoisotopic (exact) mass is 348 g/mol. The van der Waals surface area contributed by atoms with Gasteiger partial charge in [-0.15, -0.1) is 0 Å². The standard InChI is InChI=1S/C17H20N2O6/c1-18(10-14(21)22)16(23)15-13(20)7-8-19(17(15)24)9-11-3-5-12(25-2)6-4-11/h3-6,20H,7-10H2,1-2H3,(H,21,22). The van der Waals surface area contributed by atoms with Crippen LogP contribution in [0, 0.1) is 0 Å². The largest absolute Gasteiger partial charge is 0.511 e. The number of nitrogens with zero attached hydrogens (tertiary/aromatic N) is 2. The topological polar surface area (TPSA) is 107 Å². The Morgan fingerprint density at radius 2 is 1.92 bits per heavy atom. The number of benzene rings is 1. The number of aliphatic hydroxyl groups is 1. The summed E-state index contributed by atoms with van der Waals surface area (Å²) >= 11 is 0. The second-order valence-electron chi connectivity index (χ2n) is 5.70. The van der Waals surface area contributed by atoms with Gasteiger partial charge in [-0.2, -0.15) is 0 Å². The van der Waals surface area contributed by atoms with Crippen LogP contribution in [0.15, 0.2) is 35.6 Å². The molecule has 8 nitrogen and oxygen atoms in total. The van der Waals surface area contributed by atoms with E-state index in [9.17, 15) is 19.5 Å². The highest BCUT2D eigenvalue weighted by Crippen LogP contribution is 2.22. The van der Waals surface area contributed by atoms with E-state index in [1.807, 2.05) is 12.1 Å². The summed E-state index contributed by atoms with van der Waals surface area (Å²) < 4.78 is 5.08. The molecule has 0 spiro atoms. The number of methoxy groups -OCH3 is 1. The molecule has 0 unspecified atom stereocenters. The number of carboxylic acids is 1. The molecule has 134 valence electrons. The van der Waals surface area contributed by atoms with Crippen molar-refractivity contribution >= 4 is 17.8 Å². The van der Waals surface area contributed by atoms with Crippen LogP contribution in [0.1, 0.15) is 12.0 Å². The quantitative estimate of drug-likeness (QED) is 0.736. The van der Waals surface area contributed by atoms with Crippen molar-refractivity contribution in [2.24, 2.45) is 0 Å². The highest BCUT2D eigenvalue weighted by Gasteiger charge is 2.34. The van der Waals surface area contributed by atoms with E-state index in [1.54, 1.807) is 19.2 Å². The van der Waals surface area contributed by atoms with Crippen molar-refractivity contribution < 1.29 is 29.3 Å². The molecule has 25 heavy (non-hydrogen) atoms. The number of hydrogen-bond acceptors (Lipinski definition) is 5. The Kier molecular flexibility index (Phi) is 5.63. The predicted octanol–water partition coefficient (Wildman–Crippen LogP) is 0.783.